The van der Waals surface area contributed by atoms with E-state index in [0.29, 0.717) is 23.7 Å². The average Bonchev–Trinajstić information content (AvgIpc) is 2.84. The molecule has 0 spiro atoms. The number of carbonyl (C=O) groups excluding carboxylic acids is 2. The van der Waals surface area contributed by atoms with Gasteiger partial charge in [-0.1, -0.05) is 13.0 Å². The van der Waals surface area contributed by atoms with E-state index in [2.05, 4.69) is 26.0 Å². The molecule has 4 heteroatoms. The van der Waals surface area contributed by atoms with Gasteiger partial charge < -0.3 is 9.47 Å². The molecule has 2 fully saturated rings. The fourth-order valence-corrected chi connectivity index (χ4v) is 6.90. The molecule has 0 heterocycles. The quantitative estimate of drug-likeness (QED) is 0.644. The minimum Gasteiger partial charge on any atom is -0.459 e. The zero-order valence-corrected chi connectivity index (χ0v) is 17.0. The van der Waals surface area contributed by atoms with E-state index in [1.54, 1.807) is 0 Å². The average molecular weight is 373 g/mol. The van der Waals surface area contributed by atoms with Crippen LogP contribution in [0.15, 0.2) is 23.5 Å². The van der Waals surface area contributed by atoms with Gasteiger partial charge in [0.05, 0.1) is 0 Å². The maximum Gasteiger partial charge on any atom is 0.307 e. The summed E-state index contributed by atoms with van der Waals surface area (Å²) in [6.45, 7) is 7.54. The lowest BCUT2D eigenvalue weighted by Gasteiger charge is -2.54. The maximum absolute atomic E-state index is 11.7. The summed E-state index contributed by atoms with van der Waals surface area (Å²) in [4.78, 5) is 23.0. The van der Waals surface area contributed by atoms with Crippen LogP contribution < -0.4 is 0 Å². The first-order valence-electron chi connectivity index (χ1n) is 10.5. The highest BCUT2D eigenvalue weighted by molar-refractivity contribution is 5.67. The highest BCUT2D eigenvalue weighted by atomic mass is 16.6. The van der Waals surface area contributed by atoms with E-state index in [9.17, 15) is 9.59 Å². The molecule has 0 N–H and O–H groups in total. The Bertz CT molecular complexity index is 720. The van der Waals surface area contributed by atoms with Crippen LogP contribution in [0, 0.1) is 29.1 Å². The highest BCUT2D eigenvalue weighted by Crippen LogP contribution is 2.65. The van der Waals surface area contributed by atoms with Crippen LogP contribution in [0.1, 0.15) is 72.6 Å². The predicted octanol–water partition coefficient (Wildman–Crippen LogP) is 4.94. The molecule has 148 valence electrons. The van der Waals surface area contributed by atoms with Gasteiger partial charge in [0.1, 0.15) is 11.4 Å². The lowest BCUT2D eigenvalue weighted by Crippen LogP contribution is -2.52. The van der Waals surface area contributed by atoms with Gasteiger partial charge in [0.15, 0.2) is 0 Å². The Morgan fingerprint density at radius 3 is 2.52 bits per heavy atom. The van der Waals surface area contributed by atoms with E-state index in [4.69, 9.17) is 9.47 Å². The first-order valence-corrected chi connectivity index (χ1v) is 10.5. The van der Waals surface area contributed by atoms with Crippen molar-refractivity contribution in [3.63, 3.8) is 0 Å². The minimum atomic E-state index is -0.326. The molecule has 27 heavy (non-hydrogen) atoms. The lowest BCUT2D eigenvalue weighted by molar-refractivity contribution is -0.175. The topological polar surface area (TPSA) is 52.6 Å². The Morgan fingerprint density at radius 2 is 1.81 bits per heavy atom. The van der Waals surface area contributed by atoms with Gasteiger partial charge in [-0.2, -0.15) is 0 Å². The van der Waals surface area contributed by atoms with E-state index >= 15 is 0 Å². The van der Waals surface area contributed by atoms with Crippen molar-refractivity contribution in [2.24, 2.45) is 29.1 Å². The van der Waals surface area contributed by atoms with Crippen molar-refractivity contribution in [2.75, 3.05) is 0 Å². The molecule has 0 aromatic carbocycles. The van der Waals surface area contributed by atoms with E-state index in [1.807, 2.05) is 0 Å². The van der Waals surface area contributed by atoms with Crippen molar-refractivity contribution in [3.8, 4) is 0 Å². The fourth-order valence-electron chi connectivity index (χ4n) is 6.90. The zero-order chi connectivity index (χ0) is 19.4. The molecule has 6 atom stereocenters. The number of ether oxygens (including phenoxy) is 2. The Balaban J connectivity index is 1.58. The molecule has 4 rings (SSSR count). The van der Waals surface area contributed by atoms with Gasteiger partial charge in [-0.25, -0.2) is 0 Å². The van der Waals surface area contributed by atoms with Gasteiger partial charge in [0.25, 0.3) is 0 Å². The van der Waals surface area contributed by atoms with Crippen LogP contribution in [-0.2, 0) is 19.1 Å². The van der Waals surface area contributed by atoms with Crippen molar-refractivity contribution in [1.82, 2.24) is 0 Å². The summed E-state index contributed by atoms with van der Waals surface area (Å²) < 4.78 is 11.3. The summed E-state index contributed by atoms with van der Waals surface area (Å²) in [7, 11) is 0. The summed E-state index contributed by atoms with van der Waals surface area (Å²) in [5, 5.41) is 0. The zero-order valence-electron chi connectivity index (χ0n) is 17.0. The second-order valence-corrected chi connectivity index (χ2v) is 9.54. The summed E-state index contributed by atoms with van der Waals surface area (Å²) in [6.07, 6.45) is 12.0. The van der Waals surface area contributed by atoms with Gasteiger partial charge >= 0.3 is 11.9 Å². The van der Waals surface area contributed by atoms with Crippen LogP contribution in [0.3, 0.4) is 0 Å². The minimum absolute atomic E-state index is 0.0819. The van der Waals surface area contributed by atoms with Crippen LogP contribution in [-0.4, -0.2) is 17.5 Å². The molecule has 0 aromatic rings. The smallest absolute Gasteiger partial charge is 0.307 e. The van der Waals surface area contributed by atoms with Crippen molar-refractivity contribution in [2.45, 2.75) is 78.2 Å². The normalized spacial score (nSPS) is 42.8. The molecule has 0 bridgehead atoms. The van der Waals surface area contributed by atoms with Crippen LogP contribution in [0.5, 0.6) is 0 Å². The van der Waals surface area contributed by atoms with Crippen LogP contribution in [0.25, 0.3) is 0 Å². The molecular weight excluding hydrogens is 340 g/mol. The van der Waals surface area contributed by atoms with E-state index < -0.39 is 0 Å². The largest absolute Gasteiger partial charge is 0.459 e. The van der Waals surface area contributed by atoms with Crippen molar-refractivity contribution in [1.29, 1.82) is 0 Å². The number of allylic oxidation sites excluding steroid dienone is 4. The number of hydrogen-bond donors (Lipinski definition) is 0. The molecule has 4 aliphatic carbocycles. The predicted molar refractivity (Wildman–Crippen MR) is 102 cm³/mol. The SMILES string of the molecule is CC(=O)OC1=CC2=CC[C@H]3[C@@H](CC[C@]4(C)[C@@H]3CC[C@@]4(C)OC(C)=O)[C@@H]2CC1. The Morgan fingerprint density at radius 1 is 1.04 bits per heavy atom. The van der Waals surface area contributed by atoms with Gasteiger partial charge in [-0.15, -0.1) is 0 Å². The molecule has 0 aromatic heterocycles. The van der Waals surface area contributed by atoms with Gasteiger partial charge in [0.2, 0.25) is 0 Å². The van der Waals surface area contributed by atoms with Crippen LogP contribution in [0.2, 0.25) is 0 Å². The molecule has 2 saturated carbocycles. The van der Waals surface area contributed by atoms with Gasteiger partial charge in [-0.05, 0) is 80.8 Å². The van der Waals surface area contributed by atoms with Crippen LogP contribution >= 0.6 is 0 Å². The third-order valence-corrected chi connectivity index (χ3v) is 8.27. The first-order chi connectivity index (χ1) is 12.7. The second-order valence-electron chi connectivity index (χ2n) is 9.54. The number of rotatable bonds is 2. The third-order valence-electron chi connectivity index (χ3n) is 8.27. The number of esters is 2. The first kappa shape index (κ1) is 18.8. The van der Waals surface area contributed by atoms with E-state index in [0.717, 1.165) is 44.3 Å². The summed E-state index contributed by atoms with van der Waals surface area (Å²) >= 11 is 0. The van der Waals surface area contributed by atoms with E-state index in [1.165, 1.54) is 25.8 Å². The third kappa shape index (κ3) is 2.96. The van der Waals surface area contributed by atoms with Crippen molar-refractivity contribution < 1.29 is 19.1 Å². The van der Waals surface area contributed by atoms with E-state index in [-0.39, 0.29) is 23.0 Å². The highest BCUT2D eigenvalue weighted by Gasteiger charge is 2.62. The van der Waals surface area contributed by atoms with Gasteiger partial charge in [-0.3, -0.25) is 9.59 Å². The standard InChI is InChI=1S/C23H32O4/c1-14(24)26-17-6-8-18-16(13-17)5-7-20-19(18)9-11-22(3)21(20)10-12-23(22,4)27-15(2)25/h5,13,18-21H,6-12H2,1-4H3/t18-,19+,20+,21-,22-,23-/m1/s1. The molecular formula is C23H32O4. The molecule has 0 radical (unpaired) electrons. The summed E-state index contributed by atoms with van der Waals surface area (Å²) in [5.74, 6) is 3.05. The Hall–Kier alpha value is -1.58. The monoisotopic (exact) mass is 372 g/mol. The molecule has 0 aliphatic heterocycles. The maximum atomic E-state index is 11.7. The number of fused-ring (bicyclic) bond motifs is 5. The summed E-state index contributed by atoms with van der Waals surface area (Å²) in [6, 6.07) is 0. The summed E-state index contributed by atoms with van der Waals surface area (Å²) in [5.41, 5.74) is 1.13. The van der Waals surface area contributed by atoms with Crippen molar-refractivity contribution in [3.05, 3.63) is 23.5 Å². The molecule has 4 nitrogen and oxygen atoms in total. The Labute approximate surface area is 162 Å². The van der Waals surface area contributed by atoms with Crippen molar-refractivity contribution >= 4 is 11.9 Å². The van der Waals surface area contributed by atoms with Gasteiger partial charge in [0, 0.05) is 25.7 Å². The number of carbonyl (C=O) groups is 2. The van der Waals surface area contributed by atoms with Crippen LogP contribution in [0.4, 0.5) is 0 Å². The number of hydrogen-bond acceptors (Lipinski definition) is 4. The molecule has 4 aliphatic rings. The lowest BCUT2D eigenvalue weighted by atomic mass is 9.51. The molecule has 0 saturated heterocycles. The Kier molecular flexibility index (Phi) is 4.51. The molecule has 0 unspecified atom stereocenters. The molecule has 0 amide bonds. The fraction of sp³-hybridized carbons (Fsp3) is 0.739. The second kappa shape index (κ2) is 6.49.